The minimum atomic E-state index is -1.000. The normalized spacial score (nSPS) is 9.00. The molecule has 0 aromatic heterocycles. The summed E-state index contributed by atoms with van der Waals surface area (Å²) in [6.07, 6.45) is 0. The summed E-state index contributed by atoms with van der Waals surface area (Å²) in [6, 6.07) is 4.79. The predicted octanol–water partition coefficient (Wildman–Crippen LogP) is 1.27. The van der Waals surface area contributed by atoms with E-state index in [1.807, 2.05) is 0 Å². The van der Waals surface area contributed by atoms with E-state index in [1.165, 1.54) is 13.2 Å². The van der Waals surface area contributed by atoms with Gasteiger partial charge in [0.25, 0.3) is 0 Å². The first kappa shape index (κ1) is 12.7. The lowest BCUT2D eigenvalue weighted by molar-refractivity contribution is 0.0693. The minimum Gasteiger partial charge on any atom is -0.496 e. The summed E-state index contributed by atoms with van der Waals surface area (Å²) in [4.78, 5) is 10.7. The van der Waals surface area contributed by atoms with Crippen molar-refractivity contribution in [2.75, 3.05) is 7.11 Å². The summed E-state index contributed by atoms with van der Waals surface area (Å²) in [5, 5.41) is 8.75. The van der Waals surface area contributed by atoms with Crippen molar-refractivity contribution in [3.63, 3.8) is 0 Å². The molecule has 14 heavy (non-hydrogen) atoms. The molecule has 0 spiro atoms. The topological polar surface area (TPSA) is 72.5 Å². The van der Waals surface area contributed by atoms with Crippen molar-refractivity contribution in [3.8, 4) is 5.75 Å². The molecule has 5 heteroatoms. The summed E-state index contributed by atoms with van der Waals surface area (Å²) in [6.45, 7) is 0.371. The first-order valence-electron chi connectivity index (χ1n) is 3.79. The quantitative estimate of drug-likeness (QED) is 0.800. The van der Waals surface area contributed by atoms with Crippen LogP contribution < -0.4 is 10.5 Å². The predicted molar refractivity (Wildman–Crippen MR) is 55.1 cm³/mol. The molecule has 0 bridgehead atoms. The highest BCUT2D eigenvalue weighted by molar-refractivity contribution is 5.90. The van der Waals surface area contributed by atoms with Gasteiger partial charge in [-0.25, -0.2) is 4.79 Å². The number of carboxylic acid groups (broad SMARTS) is 1. The third-order valence-corrected chi connectivity index (χ3v) is 1.73. The maximum absolute atomic E-state index is 10.7. The molecule has 0 saturated carbocycles. The zero-order valence-corrected chi connectivity index (χ0v) is 8.50. The van der Waals surface area contributed by atoms with E-state index in [2.05, 4.69) is 0 Å². The lowest BCUT2D eigenvalue weighted by Gasteiger charge is -2.05. The molecule has 0 aliphatic rings. The molecule has 4 nitrogen and oxygen atoms in total. The molecule has 0 aliphatic carbocycles. The van der Waals surface area contributed by atoms with E-state index in [0.717, 1.165) is 5.56 Å². The molecule has 1 rings (SSSR count). The van der Waals surface area contributed by atoms with Crippen LogP contribution in [0.15, 0.2) is 18.2 Å². The molecule has 0 fully saturated rings. The van der Waals surface area contributed by atoms with E-state index in [4.69, 9.17) is 15.6 Å². The van der Waals surface area contributed by atoms with E-state index in [9.17, 15) is 4.79 Å². The molecule has 0 amide bonds. The molecule has 0 radical (unpaired) electrons. The summed E-state index contributed by atoms with van der Waals surface area (Å²) in [5.41, 5.74) is 6.40. The third-order valence-electron chi connectivity index (χ3n) is 1.73. The van der Waals surface area contributed by atoms with Gasteiger partial charge in [0.1, 0.15) is 11.3 Å². The molecule has 0 saturated heterocycles. The van der Waals surface area contributed by atoms with Crippen LogP contribution in [0.2, 0.25) is 0 Å². The maximum atomic E-state index is 10.7. The lowest BCUT2D eigenvalue weighted by atomic mass is 10.1. The average Bonchev–Trinajstić information content (AvgIpc) is 2.16. The van der Waals surface area contributed by atoms with Crippen LogP contribution in [0.5, 0.6) is 5.75 Å². The number of hydrogen-bond acceptors (Lipinski definition) is 3. The van der Waals surface area contributed by atoms with Gasteiger partial charge in [-0.1, -0.05) is 6.07 Å². The van der Waals surface area contributed by atoms with Crippen molar-refractivity contribution in [2.45, 2.75) is 6.54 Å². The number of carboxylic acids is 1. The molecule has 0 unspecified atom stereocenters. The molecule has 0 atom stereocenters. The van der Waals surface area contributed by atoms with Gasteiger partial charge in [-0.2, -0.15) is 0 Å². The monoisotopic (exact) mass is 217 g/mol. The number of ether oxygens (including phenoxy) is 1. The third kappa shape index (κ3) is 2.61. The first-order valence-corrected chi connectivity index (χ1v) is 3.79. The zero-order chi connectivity index (χ0) is 9.84. The fourth-order valence-electron chi connectivity index (χ4n) is 1.04. The number of nitrogens with two attached hydrogens (primary N) is 1. The molecule has 0 aliphatic heterocycles. The Labute approximate surface area is 88.1 Å². The molecule has 0 heterocycles. The molecule has 1 aromatic rings. The van der Waals surface area contributed by atoms with Crippen LogP contribution in [0.25, 0.3) is 0 Å². The highest BCUT2D eigenvalue weighted by Crippen LogP contribution is 2.19. The first-order chi connectivity index (χ1) is 6.19. The van der Waals surface area contributed by atoms with Gasteiger partial charge in [0.05, 0.1) is 7.11 Å². The second kappa shape index (κ2) is 5.47. The van der Waals surface area contributed by atoms with Crippen LogP contribution in [0.1, 0.15) is 15.9 Å². The Balaban J connectivity index is 0.00000169. The number of carbonyl (C=O) groups is 1. The largest absolute Gasteiger partial charge is 0.496 e. The zero-order valence-electron chi connectivity index (χ0n) is 7.69. The van der Waals surface area contributed by atoms with E-state index >= 15 is 0 Å². The Morgan fingerprint density at radius 2 is 2.21 bits per heavy atom. The number of benzene rings is 1. The van der Waals surface area contributed by atoms with Gasteiger partial charge in [-0.3, -0.25) is 0 Å². The van der Waals surface area contributed by atoms with Crippen molar-refractivity contribution in [2.24, 2.45) is 5.73 Å². The van der Waals surface area contributed by atoms with E-state index in [-0.39, 0.29) is 18.0 Å². The van der Waals surface area contributed by atoms with Crippen LogP contribution in [-0.2, 0) is 6.54 Å². The second-order valence-corrected chi connectivity index (χ2v) is 2.54. The van der Waals surface area contributed by atoms with Crippen LogP contribution in [0.4, 0.5) is 0 Å². The SMILES string of the molecule is COc1cc(CN)ccc1C(=O)O.Cl. The van der Waals surface area contributed by atoms with Gasteiger partial charge in [0.2, 0.25) is 0 Å². The van der Waals surface area contributed by atoms with Crippen molar-refractivity contribution in [3.05, 3.63) is 29.3 Å². The molecular weight excluding hydrogens is 206 g/mol. The Kier molecular flexibility index (Phi) is 4.97. The van der Waals surface area contributed by atoms with Crippen LogP contribution in [0, 0.1) is 0 Å². The van der Waals surface area contributed by atoms with E-state index in [1.54, 1.807) is 12.1 Å². The Bertz CT molecular complexity index is 328. The highest BCUT2D eigenvalue weighted by Gasteiger charge is 2.10. The molecule has 78 valence electrons. The Morgan fingerprint density at radius 1 is 1.57 bits per heavy atom. The van der Waals surface area contributed by atoms with Crippen LogP contribution in [-0.4, -0.2) is 18.2 Å². The van der Waals surface area contributed by atoms with Gasteiger partial charge in [0, 0.05) is 6.54 Å². The van der Waals surface area contributed by atoms with Gasteiger partial charge in [0.15, 0.2) is 0 Å². The average molecular weight is 218 g/mol. The number of hydrogen-bond donors (Lipinski definition) is 2. The van der Waals surface area contributed by atoms with Crippen molar-refractivity contribution in [1.29, 1.82) is 0 Å². The van der Waals surface area contributed by atoms with Gasteiger partial charge in [-0.05, 0) is 17.7 Å². The van der Waals surface area contributed by atoms with Crippen molar-refractivity contribution >= 4 is 18.4 Å². The summed E-state index contributed by atoms with van der Waals surface area (Å²) in [7, 11) is 1.43. The number of aromatic carboxylic acids is 1. The van der Waals surface area contributed by atoms with Crippen molar-refractivity contribution in [1.82, 2.24) is 0 Å². The molecular formula is C9H12ClNO3. The number of rotatable bonds is 3. The fraction of sp³-hybridized carbons (Fsp3) is 0.222. The van der Waals surface area contributed by atoms with E-state index in [0.29, 0.717) is 12.3 Å². The van der Waals surface area contributed by atoms with Gasteiger partial charge < -0.3 is 15.6 Å². The lowest BCUT2D eigenvalue weighted by Crippen LogP contribution is -2.03. The highest BCUT2D eigenvalue weighted by atomic mass is 35.5. The standard InChI is InChI=1S/C9H11NO3.ClH/c1-13-8-4-6(5-10)2-3-7(8)9(11)12;/h2-4H,5,10H2,1H3,(H,11,12);1H. The van der Waals surface area contributed by atoms with Crippen LogP contribution in [0.3, 0.4) is 0 Å². The maximum Gasteiger partial charge on any atom is 0.339 e. The molecule has 1 aromatic carbocycles. The second-order valence-electron chi connectivity index (χ2n) is 2.54. The number of halogens is 1. The Hall–Kier alpha value is -1.26. The summed E-state index contributed by atoms with van der Waals surface area (Å²) >= 11 is 0. The van der Waals surface area contributed by atoms with Crippen LogP contribution >= 0.6 is 12.4 Å². The summed E-state index contributed by atoms with van der Waals surface area (Å²) in [5.74, 6) is -0.657. The van der Waals surface area contributed by atoms with Gasteiger partial charge in [-0.15, -0.1) is 12.4 Å². The van der Waals surface area contributed by atoms with E-state index < -0.39 is 5.97 Å². The summed E-state index contributed by atoms with van der Waals surface area (Å²) < 4.78 is 4.91. The number of methoxy groups -OCH3 is 1. The smallest absolute Gasteiger partial charge is 0.339 e. The van der Waals surface area contributed by atoms with Crippen molar-refractivity contribution < 1.29 is 14.6 Å². The fourth-order valence-corrected chi connectivity index (χ4v) is 1.04. The molecule has 3 N–H and O–H groups in total. The minimum absolute atomic E-state index is 0. The Morgan fingerprint density at radius 3 is 2.64 bits per heavy atom. The van der Waals surface area contributed by atoms with Gasteiger partial charge >= 0.3 is 5.97 Å².